The van der Waals surface area contributed by atoms with Crippen LogP contribution in [0.1, 0.15) is 26.5 Å². The Morgan fingerprint density at radius 1 is 0.867 bits per heavy atom. The topological polar surface area (TPSA) is 89.2 Å². The van der Waals surface area contributed by atoms with E-state index < -0.39 is 0 Å². The smallest absolute Gasteiger partial charge is 0.251 e. The predicted octanol–water partition coefficient (Wildman–Crippen LogP) is 3.07. The van der Waals surface area contributed by atoms with Crippen molar-refractivity contribution in [2.75, 3.05) is 12.3 Å². The van der Waals surface area contributed by atoms with E-state index in [9.17, 15) is 9.59 Å². The molecule has 1 amide bonds. The van der Waals surface area contributed by atoms with Crippen molar-refractivity contribution < 1.29 is 9.59 Å². The third kappa shape index (κ3) is 4.72. The number of amides is 1. The lowest BCUT2D eigenvalue weighted by molar-refractivity contribution is 0.0953. The quantitative estimate of drug-likeness (QED) is 0.350. The third-order valence-corrected chi connectivity index (χ3v) is 5.34. The van der Waals surface area contributed by atoms with Gasteiger partial charge in [0.05, 0.1) is 5.75 Å². The highest BCUT2D eigenvalue weighted by atomic mass is 32.2. The molecule has 0 unspecified atom stereocenters. The van der Waals surface area contributed by atoms with Gasteiger partial charge in [-0.05, 0) is 24.3 Å². The largest absolute Gasteiger partial charge is 0.352 e. The van der Waals surface area contributed by atoms with E-state index in [4.69, 9.17) is 0 Å². The molecule has 4 rings (SSSR count). The summed E-state index contributed by atoms with van der Waals surface area (Å²) >= 11 is 1.37. The minimum atomic E-state index is -0.131. The van der Waals surface area contributed by atoms with E-state index in [0.29, 0.717) is 46.3 Å². The first-order valence-electron chi connectivity index (χ1n) is 9.46. The zero-order valence-corrected chi connectivity index (χ0v) is 16.9. The number of hydrogen-bond donors (Lipinski definition) is 1. The summed E-state index contributed by atoms with van der Waals surface area (Å²) in [5.74, 6) is 0.867. The van der Waals surface area contributed by atoms with Crippen LogP contribution in [-0.4, -0.2) is 43.8 Å². The summed E-state index contributed by atoms with van der Waals surface area (Å²) in [5, 5.41) is 16.4. The van der Waals surface area contributed by atoms with Crippen molar-refractivity contribution in [2.45, 2.75) is 11.4 Å². The maximum absolute atomic E-state index is 12.3. The van der Waals surface area contributed by atoms with E-state index in [1.54, 1.807) is 28.8 Å². The minimum Gasteiger partial charge on any atom is -0.352 e. The van der Waals surface area contributed by atoms with Gasteiger partial charge in [0.1, 0.15) is 5.03 Å². The van der Waals surface area contributed by atoms with E-state index in [1.165, 1.54) is 11.8 Å². The van der Waals surface area contributed by atoms with Gasteiger partial charge in [0.25, 0.3) is 5.91 Å². The maximum Gasteiger partial charge on any atom is 0.251 e. The van der Waals surface area contributed by atoms with Crippen LogP contribution >= 0.6 is 11.8 Å². The molecule has 0 radical (unpaired) electrons. The molecule has 0 atom stereocenters. The maximum atomic E-state index is 12.3. The van der Waals surface area contributed by atoms with Crippen molar-refractivity contribution in [1.29, 1.82) is 0 Å². The minimum absolute atomic E-state index is 0.0510. The Kier molecular flexibility index (Phi) is 6.14. The zero-order chi connectivity index (χ0) is 20.8. The lowest BCUT2D eigenvalue weighted by atomic mass is 10.2. The SMILES string of the molecule is O=C(CSc1ccc2nnc(CCNC(=O)c3ccccc3)n2n1)c1ccccc1. The Balaban J connectivity index is 1.38. The molecule has 0 aliphatic heterocycles. The number of hydrogen-bond acceptors (Lipinski definition) is 6. The van der Waals surface area contributed by atoms with Crippen molar-refractivity contribution >= 4 is 29.1 Å². The van der Waals surface area contributed by atoms with E-state index in [0.717, 1.165) is 0 Å². The Morgan fingerprint density at radius 2 is 1.57 bits per heavy atom. The molecule has 0 aliphatic rings. The summed E-state index contributed by atoms with van der Waals surface area (Å²) in [6.45, 7) is 0.417. The number of aromatic nitrogens is 4. The van der Waals surface area contributed by atoms with Crippen LogP contribution in [0.15, 0.2) is 77.8 Å². The van der Waals surface area contributed by atoms with Crippen LogP contribution in [0.4, 0.5) is 0 Å². The van der Waals surface area contributed by atoms with Gasteiger partial charge < -0.3 is 5.32 Å². The van der Waals surface area contributed by atoms with Crippen molar-refractivity contribution in [3.63, 3.8) is 0 Å². The van der Waals surface area contributed by atoms with Crippen molar-refractivity contribution in [3.05, 3.63) is 89.7 Å². The van der Waals surface area contributed by atoms with E-state index in [-0.39, 0.29) is 11.7 Å². The Bertz CT molecular complexity index is 1160. The number of carbonyl (C=O) groups excluding carboxylic acids is 2. The molecule has 8 heteroatoms. The average Bonchev–Trinajstić information content (AvgIpc) is 3.21. The van der Waals surface area contributed by atoms with Gasteiger partial charge in [-0.15, -0.1) is 10.2 Å². The highest BCUT2D eigenvalue weighted by Gasteiger charge is 2.11. The van der Waals surface area contributed by atoms with Gasteiger partial charge in [0.15, 0.2) is 17.3 Å². The summed E-state index contributed by atoms with van der Waals surface area (Å²) in [6.07, 6.45) is 0.490. The fourth-order valence-corrected chi connectivity index (χ4v) is 3.62. The molecule has 0 saturated carbocycles. The molecule has 2 heterocycles. The molecule has 1 N–H and O–H groups in total. The first kappa shape index (κ1) is 19.8. The highest BCUT2D eigenvalue weighted by Crippen LogP contribution is 2.17. The second kappa shape index (κ2) is 9.32. The average molecular weight is 417 g/mol. The lowest BCUT2D eigenvalue weighted by Gasteiger charge is -2.05. The second-order valence-corrected chi connectivity index (χ2v) is 7.50. The molecule has 7 nitrogen and oxygen atoms in total. The standard InChI is InChI=1S/C22H19N5O2S/c28-18(16-7-3-1-4-8-16)15-30-21-12-11-19-24-25-20(27(19)26-21)13-14-23-22(29)17-9-5-2-6-10-17/h1-12H,13-15H2,(H,23,29). The van der Waals surface area contributed by atoms with Crippen LogP contribution < -0.4 is 5.32 Å². The van der Waals surface area contributed by atoms with Crippen molar-refractivity contribution in [1.82, 2.24) is 25.1 Å². The Morgan fingerprint density at radius 3 is 2.30 bits per heavy atom. The monoisotopic (exact) mass is 417 g/mol. The summed E-state index contributed by atoms with van der Waals surface area (Å²) in [7, 11) is 0. The van der Waals surface area contributed by atoms with Crippen LogP contribution in [0.25, 0.3) is 5.65 Å². The molecule has 4 aromatic rings. The fourth-order valence-electron chi connectivity index (χ4n) is 2.88. The molecule has 0 aliphatic carbocycles. The molecular formula is C22H19N5O2S. The van der Waals surface area contributed by atoms with Crippen LogP contribution in [0, 0.1) is 0 Å². The predicted molar refractivity (Wildman–Crippen MR) is 115 cm³/mol. The zero-order valence-electron chi connectivity index (χ0n) is 16.1. The first-order chi connectivity index (χ1) is 14.7. The molecule has 0 bridgehead atoms. The molecule has 0 saturated heterocycles. The lowest BCUT2D eigenvalue weighted by Crippen LogP contribution is -2.26. The van der Waals surface area contributed by atoms with E-state index >= 15 is 0 Å². The van der Waals surface area contributed by atoms with E-state index in [1.807, 2.05) is 48.5 Å². The summed E-state index contributed by atoms with van der Waals surface area (Å²) in [5.41, 5.74) is 1.92. The molecule has 0 spiro atoms. The number of fused-ring (bicyclic) bond motifs is 1. The number of rotatable bonds is 8. The molecule has 0 fully saturated rings. The Labute approximate surface area is 177 Å². The van der Waals surface area contributed by atoms with E-state index in [2.05, 4.69) is 20.6 Å². The van der Waals surface area contributed by atoms with Gasteiger partial charge in [0, 0.05) is 24.1 Å². The number of carbonyl (C=O) groups is 2. The molecular weight excluding hydrogens is 398 g/mol. The van der Waals surface area contributed by atoms with Crippen molar-refractivity contribution in [2.24, 2.45) is 0 Å². The second-order valence-electron chi connectivity index (χ2n) is 6.51. The fraction of sp³-hybridized carbons (Fsp3) is 0.136. The normalized spacial score (nSPS) is 10.8. The van der Waals surface area contributed by atoms with Crippen LogP contribution in [0.3, 0.4) is 0 Å². The Hall–Kier alpha value is -3.52. The van der Waals surface area contributed by atoms with Gasteiger partial charge in [0.2, 0.25) is 0 Å². The van der Waals surface area contributed by atoms with Gasteiger partial charge in [-0.2, -0.15) is 9.61 Å². The summed E-state index contributed by atoms with van der Waals surface area (Å²) < 4.78 is 1.66. The molecule has 30 heavy (non-hydrogen) atoms. The number of Topliss-reactive ketones (excluding diaryl/α,β-unsaturated/α-hetero) is 1. The van der Waals surface area contributed by atoms with Crippen LogP contribution in [0.5, 0.6) is 0 Å². The number of ketones is 1. The van der Waals surface area contributed by atoms with Crippen LogP contribution in [0.2, 0.25) is 0 Å². The summed E-state index contributed by atoms with van der Waals surface area (Å²) in [4.78, 5) is 24.5. The third-order valence-electron chi connectivity index (χ3n) is 4.42. The molecule has 150 valence electrons. The van der Waals surface area contributed by atoms with Gasteiger partial charge >= 0.3 is 0 Å². The highest BCUT2D eigenvalue weighted by molar-refractivity contribution is 7.99. The number of nitrogens with zero attached hydrogens (tertiary/aromatic N) is 4. The van der Waals surface area contributed by atoms with Crippen LogP contribution in [-0.2, 0) is 6.42 Å². The molecule has 2 aromatic heterocycles. The summed E-state index contributed by atoms with van der Waals surface area (Å²) in [6, 6.07) is 21.9. The van der Waals surface area contributed by atoms with Gasteiger partial charge in [-0.25, -0.2) is 0 Å². The molecule has 2 aromatic carbocycles. The van der Waals surface area contributed by atoms with Gasteiger partial charge in [-0.1, -0.05) is 60.3 Å². The number of nitrogens with one attached hydrogen (secondary N) is 1. The number of benzene rings is 2. The van der Waals surface area contributed by atoms with Crippen molar-refractivity contribution in [3.8, 4) is 0 Å². The number of thioether (sulfide) groups is 1. The first-order valence-corrected chi connectivity index (χ1v) is 10.4. The van der Waals surface area contributed by atoms with Gasteiger partial charge in [-0.3, -0.25) is 9.59 Å².